The van der Waals surface area contributed by atoms with E-state index in [0.717, 1.165) is 22.4 Å². The number of hydrogen-bond acceptors (Lipinski definition) is 5. The van der Waals surface area contributed by atoms with E-state index in [1.807, 2.05) is 54.7 Å². The molecular formula is C35H32Cl2N3O5. The lowest BCUT2D eigenvalue weighted by molar-refractivity contribution is -0.131. The minimum absolute atomic E-state index is 0.121. The molecule has 4 aromatic rings. The molecule has 1 atom stereocenters. The number of halogens is 2. The van der Waals surface area contributed by atoms with E-state index in [0.29, 0.717) is 46.0 Å². The number of nitrogens with zero attached hydrogens (tertiary/aromatic N) is 2. The van der Waals surface area contributed by atoms with Crippen molar-refractivity contribution < 1.29 is 23.8 Å². The molecule has 10 heteroatoms. The quantitative estimate of drug-likeness (QED) is 0.164. The van der Waals surface area contributed by atoms with Gasteiger partial charge >= 0.3 is 0 Å². The minimum atomic E-state index is -0.410. The first-order valence-corrected chi connectivity index (χ1v) is 15.1. The smallest absolute Gasteiger partial charge is 0.258 e. The number of fused-ring (bicyclic) bond motifs is 1. The van der Waals surface area contributed by atoms with Gasteiger partial charge in [-0.25, -0.2) is 0 Å². The van der Waals surface area contributed by atoms with Crippen LogP contribution in [0.15, 0.2) is 97.2 Å². The summed E-state index contributed by atoms with van der Waals surface area (Å²) >= 11 is 12.1. The van der Waals surface area contributed by atoms with E-state index in [-0.39, 0.29) is 25.0 Å². The van der Waals surface area contributed by atoms with Gasteiger partial charge in [-0.2, -0.15) is 0 Å². The lowest BCUT2D eigenvalue weighted by atomic mass is 9.99. The van der Waals surface area contributed by atoms with E-state index in [1.165, 1.54) is 6.92 Å². The summed E-state index contributed by atoms with van der Waals surface area (Å²) in [4.78, 5) is 27.7. The number of carbonyl (C=O) groups excluding carboxylic acids is 2. The normalized spacial score (nSPS) is 12.3. The second-order valence-electron chi connectivity index (χ2n) is 10.4. The summed E-state index contributed by atoms with van der Waals surface area (Å²) in [5.74, 6) is 1.80. The molecule has 1 unspecified atom stereocenters. The first-order valence-electron chi connectivity index (χ1n) is 14.3. The van der Waals surface area contributed by atoms with Crippen molar-refractivity contribution in [3.05, 3.63) is 118 Å². The fraction of sp³-hybridized carbons (Fsp3) is 0.200. The van der Waals surface area contributed by atoms with Crippen molar-refractivity contribution in [1.82, 2.24) is 15.5 Å². The summed E-state index contributed by atoms with van der Waals surface area (Å²) < 4.78 is 17.1. The van der Waals surface area contributed by atoms with Crippen LogP contribution in [-0.2, 0) is 16.1 Å². The van der Waals surface area contributed by atoms with Crippen molar-refractivity contribution in [2.45, 2.75) is 25.9 Å². The van der Waals surface area contributed by atoms with E-state index in [9.17, 15) is 9.59 Å². The predicted octanol–water partition coefficient (Wildman–Crippen LogP) is 7.39. The summed E-state index contributed by atoms with van der Waals surface area (Å²) in [7, 11) is 1.60. The fourth-order valence-corrected chi connectivity index (χ4v) is 5.53. The Balaban J connectivity index is 1.25. The third-order valence-corrected chi connectivity index (χ3v) is 7.58. The van der Waals surface area contributed by atoms with Crippen LogP contribution in [0.25, 0.3) is 5.57 Å². The highest BCUT2D eigenvalue weighted by molar-refractivity contribution is 6.34. The topological polar surface area (TPSA) is 91.2 Å². The first-order chi connectivity index (χ1) is 21.8. The lowest BCUT2D eigenvalue weighted by Gasteiger charge is -2.28. The Labute approximate surface area is 272 Å². The van der Waals surface area contributed by atoms with Crippen LogP contribution in [0.5, 0.6) is 23.0 Å². The highest BCUT2D eigenvalue weighted by Gasteiger charge is 2.24. The molecule has 1 aliphatic rings. The number of ether oxygens (including phenoxy) is 3. The average Bonchev–Trinajstić information content (AvgIpc) is 3.42. The van der Waals surface area contributed by atoms with Crippen LogP contribution in [0.3, 0.4) is 0 Å². The van der Waals surface area contributed by atoms with Gasteiger partial charge in [0.25, 0.3) is 5.91 Å². The molecule has 0 fully saturated rings. The molecule has 0 saturated carbocycles. The van der Waals surface area contributed by atoms with Crippen molar-refractivity contribution in [1.29, 1.82) is 0 Å². The van der Waals surface area contributed by atoms with Crippen molar-refractivity contribution in [3.63, 3.8) is 0 Å². The maximum Gasteiger partial charge on any atom is 0.258 e. The molecule has 231 valence electrons. The van der Waals surface area contributed by atoms with Gasteiger partial charge in [0.05, 0.1) is 18.8 Å². The van der Waals surface area contributed by atoms with Crippen LogP contribution in [0.4, 0.5) is 5.69 Å². The van der Waals surface area contributed by atoms with Crippen molar-refractivity contribution in [2.75, 3.05) is 20.3 Å². The molecule has 0 spiro atoms. The number of para-hydroxylation sites is 2. The van der Waals surface area contributed by atoms with Crippen molar-refractivity contribution in [3.8, 4) is 23.0 Å². The van der Waals surface area contributed by atoms with E-state index in [2.05, 4.69) is 10.6 Å². The second kappa shape index (κ2) is 14.9. The number of benzene rings is 4. The number of carbonyl (C=O) groups is 2. The van der Waals surface area contributed by atoms with Crippen molar-refractivity contribution in [2.24, 2.45) is 0 Å². The molecule has 1 N–H and O–H groups in total. The van der Waals surface area contributed by atoms with Gasteiger partial charge in [-0.3, -0.25) is 14.9 Å². The lowest BCUT2D eigenvalue weighted by Crippen LogP contribution is -2.46. The predicted molar refractivity (Wildman–Crippen MR) is 175 cm³/mol. The second-order valence-corrected chi connectivity index (χ2v) is 11.3. The molecule has 1 radical (unpaired) electrons. The monoisotopic (exact) mass is 644 g/mol. The Morgan fingerprint density at radius 1 is 0.889 bits per heavy atom. The summed E-state index contributed by atoms with van der Waals surface area (Å²) in [6.45, 7) is 1.91. The first kappa shape index (κ1) is 31.8. The van der Waals surface area contributed by atoms with Crippen LogP contribution < -0.4 is 24.8 Å². The maximum atomic E-state index is 13.2. The van der Waals surface area contributed by atoms with E-state index >= 15 is 0 Å². The summed E-state index contributed by atoms with van der Waals surface area (Å²) in [5.41, 5.74) is 3.74. The molecule has 4 aromatic carbocycles. The van der Waals surface area contributed by atoms with Gasteiger partial charge in [0.15, 0.2) is 6.61 Å². The maximum absolute atomic E-state index is 13.2. The van der Waals surface area contributed by atoms with Gasteiger partial charge in [-0.15, -0.1) is 0 Å². The number of amides is 2. The molecule has 0 aliphatic carbocycles. The molecule has 5 rings (SSSR count). The largest absolute Gasteiger partial charge is 0.496 e. The summed E-state index contributed by atoms with van der Waals surface area (Å²) in [5, 5.41) is 8.53. The molecule has 8 nitrogen and oxygen atoms in total. The zero-order valence-corrected chi connectivity index (χ0v) is 26.3. The summed E-state index contributed by atoms with van der Waals surface area (Å²) in [6, 6.07) is 26.8. The Kier molecular flexibility index (Phi) is 10.5. The van der Waals surface area contributed by atoms with Crippen LogP contribution in [0.1, 0.15) is 24.5 Å². The molecule has 2 amide bonds. The fourth-order valence-electron chi connectivity index (χ4n) is 5.02. The number of methoxy groups -OCH3 is 1. The molecule has 0 aromatic heterocycles. The van der Waals surface area contributed by atoms with Crippen molar-refractivity contribution >= 4 is 46.3 Å². The number of nitrogens with one attached hydrogen (secondary N) is 1. The van der Waals surface area contributed by atoms with Crippen LogP contribution >= 0.6 is 23.2 Å². The number of rotatable bonds is 13. The minimum Gasteiger partial charge on any atom is -0.496 e. The van der Waals surface area contributed by atoms with Crippen LogP contribution in [0, 0.1) is 0 Å². The molecule has 45 heavy (non-hydrogen) atoms. The highest BCUT2D eigenvalue weighted by Crippen LogP contribution is 2.33. The molecular weight excluding hydrogens is 613 g/mol. The van der Waals surface area contributed by atoms with Gasteiger partial charge in [0.1, 0.15) is 23.0 Å². The van der Waals surface area contributed by atoms with E-state index < -0.39 is 6.04 Å². The third-order valence-electron chi connectivity index (χ3n) is 7.15. The molecule has 1 heterocycles. The van der Waals surface area contributed by atoms with E-state index in [4.69, 9.17) is 37.4 Å². The van der Waals surface area contributed by atoms with Gasteiger partial charge < -0.3 is 24.4 Å². The average molecular weight is 646 g/mol. The number of hydrogen-bond donors (Lipinski definition) is 1. The van der Waals surface area contributed by atoms with Gasteiger partial charge in [0.2, 0.25) is 5.91 Å². The van der Waals surface area contributed by atoms with Crippen LogP contribution in [0.2, 0.25) is 10.0 Å². The highest BCUT2D eigenvalue weighted by atomic mass is 35.5. The zero-order chi connectivity index (χ0) is 31.8. The molecule has 0 saturated heterocycles. The van der Waals surface area contributed by atoms with E-state index in [1.54, 1.807) is 54.5 Å². The van der Waals surface area contributed by atoms with Crippen LogP contribution in [-0.4, -0.2) is 43.0 Å². The Bertz CT molecular complexity index is 1670. The standard InChI is InChI=1S/C35H32Cl2N3O5/c1-23(41)40(20-24-7-3-6-10-34(24)43-2)21-28(15-25-19-38-33-9-5-4-8-32(25)33)39-35(42)22-44-29-11-13-30(14-12-29)45-31-17-26(36)16-27(37)18-31/h3-14,16-19,28H,15,20-22H2,1-2H3,(H,39,42). The summed E-state index contributed by atoms with van der Waals surface area (Å²) in [6.07, 6.45) is 2.29. The SMILES string of the molecule is COc1ccccc1CN(CC(CC1=C[N]c2ccccc21)NC(=O)COc1ccc(Oc2cc(Cl)cc(Cl)c2)cc1)C(C)=O. The molecule has 0 bridgehead atoms. The Hall–Kier alpha value is -4.66. The zero-order valence-electron chi connectivity index (χ0n) is 24.8. The Morgan fingerprint density at radius 2 is 1.58 bits per heavy atom. The Morgan fingerprint density at radius 3 is 2.31 bits per heavy atom. The van der Waals surface area contributed by atoms with Gasteiger partial charge in [0, 0.05) is 47.4 Å². The third kappa shape index (κ3) is 8.71. The van der Waals surface area contributed by atoms with Gasteiger partial charge in [-0.1, -0.05) is 59.6 Å². The molecule has 1 aliphatic heterocycles. The van der Waals surface area contributed by atoms with Gasteiger partial charge in [-0.05, 0) is 66.6 Å².